The number of thiophene rings is 1. The fraction of sp³-hybridized carbons (Fsp3) is 0.500. The number of piperazine rings is 1. The highest BCUT2D eigenvalue weighted by Gasteiger charge is 2.38. The number of nitrogens with zero attached hydrogens (tertiary/aromatic N) is 3. The molecule has 0 amide bonds. The average molecular weight is 543 g/mol. The lowest BCUT2D eigenvalue weighted by atomic mass is 9.75. The summed E-state index contributed by atoms with van der Waals surface area (Å²) < 4.78 is 5.66. The number of morpholine rings is 1. The second-order valence-corrected chi connectivity index (χ2v) is 13.5. The smallest absolute Gasteiger partial charge is 0.173 e. The highest BCUT2D eigenvalue weighted by atomic mass is 32.1. The highest BCUT2D eigenvalue weighted by molar-refractivity contribution is 7.19. The molecule has 2 unspecified atom stereocenters. The molecule has 0 spiro atoms. The second kappa shape index (κ2) is 10.1. The van der Waals surface area contributed by atoms with Crippen LogP contribution in [0.15, 0.2) is 42.6 Å². The molecule has 7 rings (SSSR count). The summed E-state index contributed by atoms with van der Waals surface area (Å²) in [5, 5.41) is 4.81. The predicted molar refractivity (Wildman–Crippen MR) is 158 cm³/mol. The van der Waals surface area contributed by atoms with E-state index < -0.39 is 0 Å². The Hall–Kier alpha value is -2.58. The van der Waals surface area contributed by atoms with Gasteiger partial charge in [-0.3, -0.25) is 14.7 Å². The van der Waals surface area contributed by atoms with Crippen molar-refractivity contribution in [1.82, 2.24) is 15.2 Å². The largest absolute Gasteiger partial charge is 0.378 e. The fourth-order valence-electron chi connectivity index (χ4n) is 7.10. The van der Waals surface area contributed by atoms with Crippen LogP contribution in [-0.4, -0.2) is 67.1 Å². The molecule has 1 aliphatic carbocycles. The summed E-state index contributed by atoms with van der Waals surface area (Å²) >= 11 is 1.69. The molecule has 1 aromatic carbocycles. The number of nitrogens with one attached hydrogen (secondary N) is 1. The van der Waals surface area contributed by atoms with Crippen molar-refractivity contribution in [3.05, 3.63) is 58.6 Å². The molecule has 4 aliphatic rings. The first kappa shape index (κ1) is 25.4. The number of anilines is 1. The van der Waals surface area contributed by atoms with E-state index in [9.17, 15) is 4.79 Å². The van der Waals surface area contributed by atoms with Crippen molar-refractivity contribution in [3.8, 4) is 22.4 Å². The molecule has 0 saturated carbocycles. The summed E-state index contributed by atoms with van der Waals surface area (Å²) in [5.41, 5.74) is 7.09. The number of rotatable bonds is 5. The lowest BCUT2D eigenvalue weighted by molar-refractivity contribution is 0.0918. The molecule has 0 radical (unpaired) electrons. The van der Waals surface area contributed by atoms with Crippen LogP contribution < -0.4 is 10.2 Å². The first-order valence-electron chi connectivity index (χ1n) is 14.5. The van der Waals surface area contributed by atoms with Crippen LogP contribution in [0.3, 0.4) is 0 Å². The third kappa shape index (κ3) is 4.84. The minimum Gasteiger partial charge on any atom is -0.378 e. The average Bonchev–Trinajstić information content (AvgIpc) is 3.40. The molecule has 2 bridgehead atoms. The number of aromatic nitrogens is 1. The summed E-state index contributed by atoms with van der Waals surface area (Å²) in [4.78, 5) is 24.2. The molecular formula is C32H38N4O2S. The van der Waals surface area contributed by atoms with Gasteiger partial charge in [-0.2, -0.15) is 0 Å². The third-order valence-electron chi connectivity index (χ3n) is 9.00. The maximum Gasteiger partial charge on any atom is 0.173 e. The second-order valence-electron chi connectivity index (χ2n) is 12.5. The van der Waals surface area contributed by atoms with Crippen molar-refractivity contribution in [2.45, 2.75) is 58.2 Å². The highest BCUT2D eigenvalue weighted by Crippen LogP contribution is 2.49. The summed E-state index contributed by atoms with van der Waals surface area (Å²) in [6.45, 7) is 10.8. The number of benzene rings is 1. The molecule has 3 fully saturated rings. The first-order chi connectivity index (χ1) is 18.9. The van der Waals surface area contributed by atoms with Gasteiger partial charge in [0.15, 0.2) is 5.78 Å². The zero-order valence-electron chi connectivity index (χ0n) is 23.0. The SMILES string of the molecule is CC1(C)CC(=O)c2sc(N3CCOCC3)c(-c3ccnc(-c4cccc(CN5C6CCC5CNC6)c4)c3)c2C1. The van der Waals surface area contributed by atoms with E-state index >= 15 is 0 Å². The Kier molecular flexibility index (Phi) is 6.58. The summed E-state index contributed by atoms with van der Waals surface area (Å²) in [6.07, 6.45) is 6.08. The zero-order valence-corrected chi connectivity index (χ0v) is 23.9. The molecule has 204 valence electrons. The molecule has 2 atom stereocenters. The van der Waals surface area contributed by atoms with Crippen molar-refractivity contribution in [2.24, 2.45) is 5.41 Å². The molecule has 7 heteroatoms. The van der Waals surface area contributed by atoms with E-state index in [1.807, 2.05) is 6.20 Å². The summed E-state index contributed by atoms with van der Waals surface area (Å²) in [7, 11) is 0. The van der Waals surface area contributed by atoms with Gasteiger partial charge in [0.25, 0.3) is 0 Å². The Morgan fingerprint density at radius 3 is 2.64 bits per heavy atom. The number of pyridine rings is 1. The van der Waals surface area contributed by atoms with Crippen molar-refractivity contribution < 1.29 is 9.53 Å². The van der Waals surface area contributed by atoms with Gasteiger partial charge in [0.05, 0.1) is 28.8 Å². The van der Waals surface area contributed by atoms with Gasteiger partial charge >= 0.3 is 0 Å². The molecule has 2 aromatic heterocycles. The maximum atomic E-state index is 13.3. The lowest BCUT2D eigenvalue weighted by Crippen LogP contribution is -2.51. The minimum atomic E-state index is -0.0320. The van der Waals surface area contributed by atoms with Crippen LogP contribution in [0.4, 0.5) is 5.00 Å². The maximum absolute atomic E-state index is 13.3. The van der Waals surface area contributed by atoms with Crippen LogP contribution in [0.2, 0.25) is 0 Å². The number of ether oxygens (including phenoxy) is 1. The number of carbonyl (C=O) groups excluding carboxylic acids is 1. The van der Waals surface area contributed by atoms with E-state index in [0.717, 1.165) is 74.1 Å². The van der Waals surface area contributed by atoms with Crippen LogP contribution in [0.25, 0.3) is 22.4 Å². The molecular weight excluding hydrogens is 504 g/mol. The monoisotopic (exact) mass is 542 g/mol. The van der Waals surface area contributed by atoms with Gasteiger partial charge in [-0.15, -0.1) is 11.3 Å². The van der Waals surface area contributed by atoms with Gasteiger partial charge in [-0.25, -0.2) is 0 Å². The van der Waals surface area contributed by atoms with Crippen molar-refractivity contribution >= 4 is 22.1 Å². The first-order valence-corrected chi connectivity index (χ1v) is 15.3. The Balaban J connectivity index is 1.25. The Labute approximate surface area is 235 Å². The molecule has 5 heterocycles. The Morgan fingerprint density at radius 1 is 1.05 bits per heavy atom. The molecule has 6 nitrogen and oxygen atoms in total. The lowest BCUT2D eigenvalue weighted by Gasteiger charge is -2.35. The molecule has 39 heavy (non-hydrogen) atoms. The van der Waals surface area contributed by atoms with E-state index in [2.05, 4.69) is 65.4 Å². The minimum absolute atomic E-state index is 0.0320. The van der Waals surface area contributed by atoms with Gasteiger partial charge in [-0.05, 0) is 59.6 Å². The quantitative estimate of drug-likeness (QED) is 0.466. The van der Waals surface area contributed by atoms with Gasteiger partial charge in [-0.1, -0.05) is 32.0 Å². The molecule has 3 saturated heterocycles. The van der Waals surface area contributed by atoms with Crippen molar-refractivity contribution in [1.29, 1.82) is 0 Å². The van der Waals surface area contributed by atoms with Crippen molar-refractivity contribution in [3.63, 3.8) is 0 Å². The number of fused-ring (bicyclic) bond motifs is 3. The van der Waals surface area contributed by atoms with E-state index in [0.29, 0.717) is 18.5 Å². The summed E-state index contributed by atoms with van der Waals surface area (Å²) in [6, 6.07) is 14.6. The zero-order chi connectivity index (χ0) is 26.6. The normalized spacial score (nSPS) is 24.7. The number of hydrogen-bond acceptors (Lipinski definition) is 7. The van der Waals surface area contributed by atoms with Crippen molar-refractivity contribution in [2.75, 3.05) is 44.3 Å². The van der Waals surface area contributed by atoms with Crippen LogP contribution in [-0.2, 0) is 17.7 Å². The molecule has 3 aromatic rings. The van der Waals surface area contributed by atoms with E-state index in [1.54, 1.807) is 11.3 Å². The Morgan fingerprint density at radius 2 is 1.85 bits per heavy atom. The number of carbonyl (C=O) groups is 1. The number of hydrogen-bond donors (Lipinski definition) is 1. The van der Waals surface area contributed by atoms with Crippen LogP contribution >= 0.6 is 11.3 Å². The topological polar surface area (TPSA) is 57.7 Å². The van der Waals surface area contributed by atoms with E-state index in [1.165, 1.54) is 34.5 Å². The van der Waals surface area contributed by atoms with Crippen LogP contribution in [0, 0.1) is 5.41 Å². The Bertz CT molecular complexity index is 1380. The predicted octanol–water partition coefficient (Wildman–Crippen LogP) is 5.41. The fourth-order valence-corrected chi connectivity index (χ4v) is 8.43. The number of Topliss-reactive ketones (excluding diaryl/α,β-unsaturated/α-hetero) is 1. The number of ketones is 1. The van der Waals surface area contributed by atoms with Gasteiger partial charge in [0.1, 0.15) is 0 Å². The summed E-state index contributed by atoms with van der Waals surface area (Å²) in [5.74, 6) is 0.288. The van der Waals surface area contributed by atoms with E-state index in [-0.39, 0.29) is 11.2 Å². The van der Waals surface area contributed by atoms with Crippen LogP contribution in [0.1, 0.15) is 53.9 Å². The van der Waals surface area contributed by atoms with Gasteiger partial charge in [0.2, 0.25) is 0 Å². The van der Waals surface area contributed by atoms with Crippen LogP contribution in [0.5, 0.6) is 0 Å². The van der Waals surface area contributed by atoms with Gasteiger partial charge in [0, 0.05) is 68.6 Å². The standard InChI is InChI=1S/C32H38N4O2S/c1-32(2)16-26-29(31(35-10-12-38-13-11-35)39-30(26)28(37)17-32)23-8-9-34-27(15-23)22-5-3-4-21(14-22)20-36-24-6-7-25(36)19-33-18-24/h3-5,8-9,14-15,24-25,33H,6-7,10-13,16-20H2,1-2H3. The molecule has 3 aliphatic heterocycles. The van der Waals surface area contributed by atoms with Gasteiger partial charge < -0.3 is 15.0 Å². The van der Waals surface area contributed by atoms with E-state index in [4.69, 9.17) is 9.72 Å². The third-order valence-corrected chi connectivity index (χ3v) is 10.3. The molecule has 1 N–H and O–H groups in total.